The van der Waals surface area contributed by atoms with E-state index in [1.165, 1.54) is 18.2 Å². The molecule has 94 valence electrons. The number of hydrogen-bond acceptors (Lipinski definition) is 3. The van der Waals surface area contributed by atoms with Gasteiger partial charge in [0.1, 0.15) is 5.82 Å². The van der Waals surface area contributed by atoms with Crippen molar-refractivity contribution in [3.63, 3.8) is 0 Å². The zero-order valence-corrected chi connectivity index (χ0v) is 10.4. The van der Waals surface area contributed by atoms with E-state index < -0.39 is 23.3 Å². The quantitative estimate of drug-likeness (QED) is 0.890. The van der Waals surface area contributed by atoms with Gasteiger partial charge in [-0.15, -0.1) is 0 Å². The minimum Gasteiger partial charge on any atom is -0.381 e. The van der Waals surface area contributed by atoms with Gasteiger partial charge in [-0.2, -0.15) is 0 Å². The van der Waals surface area contributed by atoms with Crippen molar-refractivity contribution >= 4 is 33.3 Å². The van der Waals surface area contributed by atoms with E-state index in [0.717, 1.165) is 0 Å². The van der Waals surface area contributed by atoms with Crippen LogP contribution in [0.2, 0.25) is 0 Å². The van der Waals surface area contributed by atoms with Crippen LogP contribution in [0.4, 0.5) is 30.5 Å². The van der Waals surface area contributed by atoms with Crippen molar-refractivity contribution in [2.75, 3.05) is 11.1 Å². The van der Waals surface area contributed by atoms with Gasteiger partial charge >= 0.3 is 0 Å². The molecule has 18 heavy (non-hydrogen) atoms. The third kappa shape index (κ3) is 2.56. The molecule has 0 atom stereocenters. The Labute approximate surface area is 109 Å². The Morgan fingerprint density at radius 2 is 1.78 bits per heavy atom. The lowest BCUT2D eigenvalue weighted by Crippen LogP contribution is -2.04. The normalized spacial score (nSPS) is 10.4. The number of hydrogen-bond donors (Lipinski definition) is 2. The van der Waals surface area contributed by atoms with Crippen LogP contribution >= 0.6 is 15.9 Å². The fourth-order valence-corrected chi connectivity index (χ4v) is 1.65. The first kappa shape index (κ1) is 12.7. The third-order valence-corrected chi connectivity index (χ3v) is 2.63. The van der Waals surface area contributed by atoms with Crippen molar-refractivity contribution in [1.82, 2.24) is 4.98 Å². The Morgan fingerprint density at radius 1 is 1.06 bits per heavy atom. The first-order valence-electron chi connectivity index (χ1n) is 4.81. The molecule has 1 aromatic carbocycles. The summed E-state index contributed by atoms with van der Waals surface area (Å²) < 4.78 is 40.3. The highest BCUT2D eigenvalue weighted by Gasteiger charge is 2.12. The average Bonchev–Trinajstić information content (AvgIpc) is 2.30. The highest BCUT2D eigenvalue weighted by atomic mass is 79.9. The van der Waals surface area contributed by atoms with E-state index >= 15 is 0 Å². The van der Waals surface area contributed by atoms with Crippen molar-refractivity contribution in [3.8, 4) is 0 Å². The fourth-order valence-electron chi connectivity index (χ4n) is 1.29. The van der Waals surface area contributed by atoms with Gasteiger partial charge in [-0.05, 0) is 18.2 Å². The number of nitrogens with zero attached hydrogens (tertiary/aromatic N) is 1. The van der Waals surface area contributed by atoms with Crippen LogP contribution in [0.25, 0.3) is 0 Å². The largest absolute Gasteiger partial charge is 0.381 e. The van der Waals surface area contributed by atoms with E-state index in [1.807, 2.05) is 0 Å². The molecule has 2 aromatic rings. The first-order valence-corrected chi connectivity index (χ1v) is 5.60. The molecule has 0 bridgehead atoms. The predicted octanol–water partition coefficient (Wildman–Crippen LogP) is 3.59. The van der Waals surface area contributed by atoms with Crippen LogP contribution in [0.1, 0.15) is 0 Å². The zero-order chi connectivity index (χ0) is 13.3. The second-order valence-corrected chi connectivity index (χ2v) is 4.35. The Kier molecular flexibility index (Phi) is 3.42. The smallest absolute Gasteiger partial charge is 0.169 e. The lowest BCUT2D eigenvalue weighted by molar-refractivity contribution is 0.580. The molecule has 3 nitrogen and oxygen atoms in total. The van der Waals surface area contributed by atoms with Crippen molar-refractivity contribution in [2.24, 2.45) is 0 Å². The number of halogens is 4. The lowest BCUT2D eigenvalue weighted by atomic mass is 10.3. The van der Waals surface area contributed by atoms with Crippen LogP contribution < -0.4 is 11.1 Å². The summed E-state index contributed by atoms with van der Waals surface area (Å²) in [6.45, 7) is 0. The molecular weight excluding hydrogens is 311 g/mol. The van der Waals surface area contributed by atoms with Gasteiger partial charge in [-0.25, -0.2) is 18.2 Å². The Bertz CT molecular complexity index is 604. The van der Waals surface area contributed by atoms with Gasteiger partial charge in [0.05, 0.1) is 5.69 Å². The Hall–Kier alpha value is -1.76. The number of nitrogens with two attached hydrogens (primary N) is 1. The lowest BCUT2D eigenvalue weighted by Gasteiger charge is -2.09. The predicted molar refractivity (Wildman–Crippen MR) is 65.9 cm³/mol. The standard InChI is InChI=1S/C11H7BrF3N3/c12-5-1-2-6(13)9(3-5)17-11-8(15)4-7(14)10(16)18-11/h1-4H,(H3,16,17,18). The van der Waals surface area contributed by atoms with E-state index in [1.54, 1.807) is 0 Å². The highest BCUT2D eigenvalue weighted by molar-refractivity contribution is 9.10. The third-order valence-electron chi connectivity index (χ3n) is 2.14. The number of aromatic nitrogens is 1. The second-order valence-electron chi connectivity index (χ2n) is 3.44. The molecule has 0 aliphatic heterocycles. The number of benzene rings is 1. The van der Waals surface area contributed by atoms with Crippen molar-refractivity contribution in [3.05, 3.63) is 46.2 Å². The Balaban J connectivity index is 2.40. The van der Waals surface area contributed by atoms with E-state index in [-0.39, 0.29) is 11.5 Å². The Morgan fingerprint density at radius 3 is 2.50 bits per heavy atom. The monoisotopic (exact) mass is 317 g/mol. The summed E-state index contributed by atoms with van der Waals surface area (Å²) in [4.78, 5) is 3.47. The van der Waals surface area contributed by atoms with E-state index in [2.05, 4.69) is 26.2 Å². The molecule has 0 aliphatic carbocycles. The number of rotatable bonds is 2. The molecular formula is C11H7BrF3N3. The molecule has 1 aromatic heterocycles. The maximum atomic E-state index is 13.4. The summed E-state index contributed by atoms with van der Waals surface area (Å²) in [5.41, 5.74) is 5.22. The van der Waals surface area contributed by atoms with Crippen molar-refractivity contribution in [1.29, 1.82) is 0 Å². The van der Waals surface area contributed by atoms with Gasteiger partial charge in [0.25, 0.3) is 0 Å². The van der Waals surface area contributed by atoms with Crippen LogP contribution in [-0.2, 0) is 0 Å². The van der Waals surface area contributed by atoms with Gasteiger partial charge < -0.3 is 11.1 Å². The van der Waals surface area contributed by atoms with Crippen molar-refractivity contribution in [2.45, 2.75) is 0 Å². The van der Waals surface area contributed by atoms with E-state index in [4.69, 9.17) is 5.73 Å². The molecule has 1 heterocycles. The van der Waals surface area contributed by atoms with E-state index in [9.17, 15) is 13.2 Å². The van der Waals surface area contributed by atoms with Gasteiger partial charge in [-0.3, -0.25) is 0 Å². The molecule has 0 saturated heterocycles. The molecule has 0 unspecified atom stereocenters. The minimum absolute atomic E-state index is 0.00165. The summed E-state index contributed by atoms with van der Waals surface area (Å²) in [5, 5.41) is 2.41. The zero-order valence-electron chi connectivity index (χ0n) is 8.85. The van der Waals surface area contributed by atoms with Crippen LogP contribution in [-0.4, -0.2) is 4.98 Å². The van der Waals surface area contributed by atoms with Gasteiger partial charge in [-0.1, -0.05) is 15.9 Å². The summed E-state index contributed by atoms with van der Waals surface area (Å²) in [6, 6.07) is 4.66. The molecule has 0 aliphatic rings. The summed E-state index contributed by atoms with van der Waals surface area (Å²) in [7, 11) is 0. The average molecular weight is 318 g/mol. The summed E-state index contributed by atoms with van der Waals surface area (Å²) >= 11 is 3.15. The molecule has 0 amide bonds. The summed E-state index contributed by atoms with van der Waals surface area (Å²) in [6.07, 6.45) is 0. The van der Waals surface area contributed by atoms with Crippen LogP contribution in [0.3, 0.4) is 0 Å². The van der Waals surface area contributed by atoms with Crippen LogP contribution in [0.15, 0.2) is 28.7 Å². The van der Waals surface area contributed by atoms with Gasteiger partial charge in [0, 0.05) is 10.5 Å². The molecule has 0 spiro atoms. The van der Waals surface area contributed by atoms with Crippen molar-refractivity contribution < 1.29 is 13.2 Å². The van der Waals surface area contributed by atoms with Gasteiger partial charge in [0.2, 0.25) is 0 Å². The molecule has 0 radical (unpaired) electrons. The number of anilines is 3. The summed E-state index contributed by atoms with van der Waals surface area (Å²) in [5.74, 6) is -3.32. The molecule has 3 N–H and O–H groups in total. The van der Waals surface area contributed by atoms with E-state index in [0.29, 0.717) is 10.5 Å². The SMILES string of the molecule is Nc1nc(Nc2cc(Br)ccc2F)c(F)cc1F. The second kappa shape index (κ2) is 4.85. The number of nitrogen functional groups attached to an aromatic ring is 1. The maximum Gasteiger partial charge on any atom is 0.169 e. The fraction of sp³-hybridized carbons (Fsp3) is 0. The molecule has 0 fully saturated rings. The molecule has 2 rings (SSSR count). The minimum atomic E-state index is -0.965. The molecule has 7 heteroatoms. The molecule has 0 saturated carbocycles. The van der Waals surface area contributed by atoms with Crippen LogP contribution in [0, 0.1) is 17.5 Å². The van der Waals surface area contributed by atoms with Gasteiger partial charge in [0.15, 0.2) is 23.3 Å². The maximum absolute atomic E-state index is 13.4. The highest BCUT2D eigenvalue weighted by Crippen LogP contribution is 2.25. The number of pyridine rings is 1. The first-order chi connectivity index (χ1) is 8.47. The number of nitrogens with one attached hydrogen (secondary N) is 1. The van der Waals surface area contributed by atoms with Crippen LogP contribution in [0.5, 0.6) is 0 Å². The topological polar surface area (TPSA) is 50.9 Å².